The molecule has 3 rings (SSSR count). The Morgan fingerprint density at radius 2 is 2.00 bits per heavy atom. The van der Waals surface area contributed by atoms with E-state index in [1.807, 2.05) is 12.1 Å². The van der Waals surface area contributed by atoms with Gasteiger partial charge in [-0.2, -0.15) is 0 Å². The molecule has 1 fully saturated rings. The van der Waals surface area contributed by atoms with Crippen molar-refractivity contribution in [2.45, 2.75) is 12.8 Å². The minimum absolute atomic E-state index is 0.432. The Morgan fingerprint density at radius 3 is 2.65 bits per heavy atom. The standard InChI is InChI=1S/C12H13Cl2N3/c1-6(7-4-15-5-7)12-16-10-2-8(13)9(14)3-11(10)17-12/h2-3,6-7,15H,4-5H2,1H3,(H,16,17). The summed E-state index contributed by atoms with van der Waals surface area (Å²) < 4.78 is 0. The average molecular weight is 270 g/mol. The summed E-state index contributed by atoms with van der Waals surface area (Å²) in [6.45, 7) is 4.34. The summed E-state index contributed by atoms with van der Waals surface area (Å²) in [6.07, 6.45) is 0. The van der Waals surface area contributed by atoms with Crippen LogP contribution >= 0.6 is 23.2 Å². The zero-order valence-electron chi connectivity index (χ0n) is 9.43. The Balaban J connectivity index is 2.00. The third-order valence-corrected chi connectivity index (χ3v) is 4.22. The third kappa shape index (κ3) is 1.92. The summed E-state index contributed by atoms with van der Waals surface area (Å²) in [5, 5.41) is 4.39. The van der Waals surface area contributed by atoms with Gasteiger partial charge in [-0.1, -0.05) is 30.1 Å². The summed E-state index contributed by atoms with van der Waals surface area (Å²) in [7, 11) is 0. The van der Waals surface area contributed by atoms with Gasteiger partial charge < -0.3 is 10.3 Å². The second-order valence-electron chi connectivity index (χ2n) is 4.61. The van der Waals surface area contributed by atoms with Gasteiger partial charge in [-0.3, -0.25) is 0 Å². The predicted molar refractivity (Wildman–Crippen MR) is 70.9 cm³/mol. The van der Waals surface area contributed by atoms with Crippen LogP contribution in [0.4, 0.5) is 0 Å². The van der Waals surface area contributed by atoms with E-state index in [1.54, 1.807) is 0 Å². The Hall–Kier alpha value is -0.770. The number of hydrogen-bond donors (Lipinski definition) is 2. The average Bonchev–Trinajstić information content (AvgIpc) is 2.59. The van der Waals surface area contributed by atoms with Gasteiger partial charge in [0.05, 0.1) is 21.1 Å². The van der Waals surface area contributed by atoms with Gasteiger partial charge in [-0.25, -0.2) is 4.98 Å². The molecule has 1 saturated heterocycles. The van der Waals surface area contributed by atoms with Crippen LogP contribution < -0.4 is 5.32 Å². The van der Waals surface area contributed by atoms with Crippen LogP contribution in [0.1, 0.15) is 18.7 Å². The lowest BCUT2D eigenvalue weighted by molar-refractivity contribution is 0.297. The Bertz CT molecular complexity index is 521. The Kier molecular flexibility index (Phi) is 2.77. The molecule has 2 aromatic rings. The highest BCUT2D eigenvalue weighted by atomic mass is 35.5. The number of rotatable bonds is 2. The van der Waals surface area contributed by atoms with E-state index in [4.69, 9.17) is 23.2 Å². The normalized spacial score (nSPS) is 18.3. The van der Waals surface area contributed by atoms with Gasteiger partial charge in [0, 0.05) is 5.92 Å². The monoisotopic (exact) mass is 269 g/mol. The van der Waals surface area contributed by atoms with Crippen LogP contribution in [0.25, 0.3) is 11.0 Å². The van der Waals surface area contributed by atoms with Crippen molar-refractivity contribution in [1.82, 2.24) is 15.3 Å². The van der Waals surface area contributed by atoms with Gasteiger partial charge in [0.2, 0.25) is 0 Å². The molecule has 1 aliphatic heterocycles. The van der Waals surface area contributed by atoms with Crippen molar-refractivity contribution in [1.29, 1.82) is 0 Å². The molecule has 1 aromatic carbocycles. The van der Waals surface area contributed by atoms with Crippen molar-refractivity contribution in [2.24, 2.45) is 5.92 Å². The van der Waals surface area contributed by atoms with E-state index < -0.39 is 0 Å². The van der Waals surface area contributed by atoms with Crippen molar-refractivity contribution in [2.75, 3.05) is 13.1 Å². The molecule has 0 saturated carbocycles. The summed E-state index contributed by atoms with van der Waals surface area (Å²) in [5.41, 5.74) is 1.84. The van der Waals surface area contributed by atoms with Crippen molar-refractivity contribution in [3.05, 3.63) is 28.0 Å². The first-order valence-electron chi connectivity index (χ1n) is 5.70. The maximum Gasteiger partial charge on any atom is 0.110 e. The number of nitrogens with zero attached hydrogens (tertiary/aromatic N) is 1. The lowest BCUT2D eigenvalue weighted by atomic mass is 9.88. The van der Waals surface area contributed by atoms with Crippen LogP contribution in [0.15, 0.2) is 12.1 Å². The van der Waals surface area contributed by atoms with E-state index in [-0.39, 0.29) is 0 Å². The van der Waals surface area contributed by atoms with Crippen LogP contribution in [0.2, 0.25) is 10.0 Å². The second kappa shape index (κ2) is 4.16. The molecular weight excluding hydrogens is 257 g/mol. The van der Waals surface area contributed by atoms with E-state index >= 15 is 0 Å². The number of imidazole rings is 1. The van der Waals surface area contributed by atoms with Gasteiger partial charge >= 0.3 is 0 Å². The number of hydrogen-bond acceptors (Lipinski definition) is 2. The van der Waals surface area contributed by atoms with Gasteiger partial charge in [-0.15, -0.1) is 0 Å². The number of halogens is 2. The fourth-order valence-corrected chi connectivity index (χ4v) is 2.45. The highest BCUT2D eigenvalue weighted by Gasteiger charge is 2.26. The molecule has 2 N–H and O–H groups in total. The number of fused-ring (bicyclic) bond motifs is 1. The molecule has 1 aliphatic rings. The molecule has 0 aliphatic carbocycles. The third-order valence-electron chi connectivity index (χ3n) is 3.49. The quantitative estimate of drug-likeness (QED) is 0.879. The molecule has 1 unspecified atom stereocenters. The topological polar surface area (TPSA) is 40.7 Å². The van der Waals surface area contributed by atoms with Crippen LogP contribution in [-0.2, 0) is 0 Å². The second-order valence-corrected chi connectivity index (χ2v) is 5.43. The number of aromatic amines is 1. The zero-order chi connectivity index (χ0) is 12.0. The van der Waals surface area contributed by atoms with Gasteiger partial charge in [0.25, 0.3) is 0 Å². The van der Waals surface area contributed by atoms with Crippen molar-refractivity contribution >= 4 is 34.2 Å². The van der Waals surface area contributed by atoms with Crippen molar-refractivity contribution in [3.63, 3.8) is 0 Å². The largest absolute Gasteiger partial charge is 0.342 e. The van der Waals surface area contributed by atoms with Crippen molar-refractivity contribution in [3.8, 4) is 0 Å². The number of benzene rings is 1. The highest BCUT2D eigenvalue weighted by Crippen LogP contribution is 2.30. The summed E-state index contributed by atoms with van der Waals surface area (Å²) in [5.74, 6) is 2.12. The zero-order valence-corrected chi connectivity index (χ0v) is 10.9. The molecule has 90 valence electrons. The lowest BCUT2D eigenvalue weighted by Gasteiger charge is -2.31. The summed E-state index contributed by atoms with van der Waals surface area (Å²) in [6, 6.07) is 3.65. The number of aromatic nitrogens is 2. The van der Waals surface area contributed by atoms with E-state index in [0.29, 0.717) is 21.9 Å². The van der Waals surface area contributed by atoms with Crippen LogP contribution in [0.5, 0.6) is 0 Å². The first kappa shape index (κ1) is 11.3. The van der Waals surface area contributed by atoms with E-state index in [1.165, 1.54) is 0 Å². The fourth-order valence-electron chi connectivity index (χ4n) is 2.13. The molecule has 17 heavy (non-hydrogen) atoms. The molecule has 5 heteroatoms. The SMILES string of the molecule is CC(c1nc2cc(Cl)c(Cl)cc2[nH]1)C1CNC1. The maximum atomic E-state index is 5.99. The van der Waals surface area contributed by atoms with E-state index in [9.17, 15) is 0 Å². The molecule has 0 bridgehead atoms. The molecule has 0 radical (unpaired) electrons. The summed E-state index contributed by atoms with van der Waals surface area (Å²) in [4.78, 5) is 7.92. The molecule has 0 amide bonds. The highest BCUT2D eigenvalue weighted by molar-refractivity contribution is 6.42. The lowest BCUT2D eigenvalue weighted by Crippen LogP contribution is -2.44. The smallest absolute Gasteiger partial charge is 0.110 e. The Labute approximate surface area is 110 Å². The molecule has 0 spiro atoms. The minimum Gasteiger partial charge on any atom is -0.342 e. The van der Waals surface area contributed by atoms with Gasteiger partial charge in [0.1, 0.15) is 5.82 Å². The Morgan fingerprint density at radius 1 is 1.29 bits per heavy atom. The molecule has 3 nitrogen and oxygen atoms in total. The number of nitrogens with one attached hydrogen (secondary N) is 2. The predicted octanol–water partition coefficient (Wildman–Crippen LogP) is 3.19. The van der Waals surface area contributed by atoms with Gasteiger partial charge in [0.15, 0.2) is 0 Å². The molecule has 1 aromatic heterocycles. The van der Waals surface area contributed by atoms with E-state index in [0.717, 1.165) is 29.9 Å². The van der Waals surface area contributed by atoms with Crippen LogP contribution in [0.3, 0.4) is 0 Å². The maximum absolute atomic E-state index is 5.99. The fraction of sp³-hybridized carbons (Fsp3) is 0.417. The summed E-state index contributed by atoms with van der Waals surface area (Å²) >= 11 is 12.0. The molecule has 1 atom stereocenters. The first-order chi connectivity index (χ1) is 8.15. The first-order valence-corrected chi connectivity index (χ1v) is 6.46. The molecular formula is C12H13Cl2N3. The number of H-pyrrole nitrogens is 1. The molecule has 2 heterocycles. The van der Waals surface area contributed by atoms with Crippen LogP contribution in [-0.4, -0.2) is 23.1 Å². The van der Waals surface area contributed by atoms with Crippen molar-refractivity contribution < 1.29 is 0 Å². The van der Waals surface area contributed by atoms with E-state index in [2.05, 4.69) is 22.2 Å². The van der Waals surface area contributed by atoms with Crippen LogP contribution in [0, 0.1) is 5.92 Å². The minimum atomic E-state index is 0.432. The van der Waals surface area contributed by atoms with Gasteiger partial charge in [-0.05, 0) is 31.1 Å².